The maximum absolute atomic E-state index is 14.3. The van der Waals surface area contributed by atoms with Crippen molar-refractivity contribution < 1.29 is 19.0 Å². The molecule has 0 bridgehead atoms. The lowest BCUT2D eigenvalue weighted by molar-refractivity contribution is -0.137. The molecule has 5 fully saturated rings. The van der Waals surface area contributed by atoms with E-state index in [4.69, 9.17) is 10.00 Å². The molecule has 0 radical (unpaired) electrons. The lowest BCUT2D eigenvalue weighted by atomic mass is 9.48. The molecular weight excluding hydrogens is 429 g/mol. The number of ether oxygens (including phenoxy) is 1. The molecule has 1 N–H and O–H groups in total. The Morgan fingerprint density at radius 2 is 1.91 bits per heavy atom. The topological polar surface area (TPSA) is 70.3 Å². The van der Waals surface area contributed by atoms with Gasteiger partial charge < -0.3 is 9.84 Å². The minimum absolute atomic E-state index is 0.0229. The van der Waals surface area contributed by atoms with Crippen LogP contribution in [0.1, 0.15) is 70.8 Å². The molecule has 5 aliphatic carbocycles. The number of nitrogens with zero attached hydrogens (tertiary/aromatic N) is 1. The molecule has 10 atom stereocenters. The van der Waals surface area contributed by atoms with Crippen molar-refractivity contribution in [1.82, 2.24) is 0 Å². The van der Waals surface area contributed by atoms with E-state index in [-0.39, 0.29) is 35.0 Å². The van der Waals surface area contributed by atoms with Gasteiger partial charge in [-0.15, -0.1) is 0 Å². The molecule has 4 nitrogen and oxygen atoms in total. The van der Waals surface area contributed by atoms with Crippen LogP contribution in [0, 0.1) is 69.9 Å². The molecule has 0 amide bonds. The lowest BCUT2D eigenvalue weighted by Gasteiger charge is -2.57. The van der Waals surface area contributed by atoms with Crippen LogP contribution >= 0.6 is 0 Å². The van der Waals surface area contributed by atoms with Gasteiger partial charge in [0.1, 0.15) is 6.61 Å². The van der Waals surface area contributed by atoms with Crippen LogP contribution in [-0.4, -0.2) is 23.1 Å². The first-order valence-electron chi connectivity index (χ1n) is 13.3. The fourth-order valence-electron chi connectivity index (χ4n) is 9.58. The van der Waals surface area contributed by atoms with E-state index in [0.717, 1.165) is 50.0 Å². The van der Waals surface area contributed by atoms with Crippen LogP contribution in [0.4, 0.5) is 4.39 Å². The second kappa shape index (κ2) is 7.79. The van der Waals surface area contributed by atoms with Crippen molar-refractivity contribution in [3.63, 3.8) is 0 Å². The molecule has 34 heavy (non-hydrogen) atoms. The summed E-state index contributed by atoms with van der Waals surface area (Å²) in [5.74, 6) is 4.26. The van der Waals surface area contributed by atoms with Gasteiger partial charge in [-0.05, 0) is 123 Å². The van der Waals surface area contributed by atoms with Gasteiger partial charge in [0, 0.05) is 5.92 Å². The second-order valence-corrected chi connectivity index (χ2v) is 12.7. The molecule has 5 saturated carbocycles. The number of aliphatic hydroxyl groups is 1. The van der Waals surface area contributed by atoms with Crippen LogP contribution in [0.25, 0.3) is 0 Å². The highest BCUT2D eigenvalue weighted by Crippen LogP contribution is 2.74. The zero-order valence-electron chi connectivity index (χ0n) is 20.3. The first-order valence-corrected chi connectivity index (χ1v) is 13.3. The highest BCUT2D eigenvalue weighted by atomic mass is 19.1. The first kappa shape index (κ1) is 22.5. The highest BCUT2D eigenvalue weighted by molar-refractivity contribution is 5.84. The van der Waals surface area contributed by atoms with Crippen molar-refractivity contribution in [1.29, 1.82) is 5.26 Å². The van der Waals surface area contributed by atoms with Crippen LogP contribution in [0.5, 0.6) is 5.75 Å². The number of rotatable bonds is 4. The molecule has 0 aromatic heterocycles. The Labute approximate surface area is 201 Å². The Kier molecular flexibility index (Phi) is 5.16. The average molecular weight is 466 g/mol. The van der Waals surface area contributed by atoms with E-state index >= 15 is 0 Å². The van der Waals surface area contributed by atoms with E-state index in [0.29, 0.717) is 29.6 Å². The molecule has 5 aliphatic rings. The van der Waals surface area contributed by atoms with E-state index < -0.39 is 11.4 Å². The van der Waals surface area contributed by atoms with Gasteiger partial charge >= 0.3 is 0 Å². The molecule has 1 aromatic carbocycles. The van der Waals surface area contributed by atoms with E-state index in [2.05, 4.69) is 6.92 Å². The van der Waals surface area contributed by atoms with Crippen molar-refractivity contribution in [2.45, 2.75) is 70.8 Å². The van der Waals surface area contributed by atoms with Gasteiger partial charge in [-0.1, -0.05) is 6.92 Å². The zero-order valence-corrected chi connectivity index (χ0v) is 20.3. The molecule has 0 unspecified atom stereocenters. The van der Waals surface area contributed by atoms with Gasteiger partial charge in [0.05, 0.1) is 17.2 Å². The van der Waals surface area contributed by atoms with Crippen molar-refractivity contribution >= 4 is 5.78 Å². The third-order valence-corrected chi connectivity index (χ3v) is 10.8. The minimum atomic E-state index is -0.588. The Balaban J connectivity index is 1.17. The monoisotopic (exact) mass is 465 g/mol. The predicted octanol–water partition coefficient (Wildman–Crippen LogP) is 5.52. The predicted molar refractivity (Wildman–Crippen MR) is 125 cm³/mol. The van der Waals surface area contributed by atoms with Gasteiger partial charge in [-0.25, -0.2) is 4.39 Å². The molecule has 0 heterocycles. The first-order chi connectivity index (χ1) is 16.2. The summed E-state index contributed by atoms with van der Waals surface area (Å²) in [4.78, 5) is 13.5. The van der Waals surface area contributed by atoms with E-state index in [1.54, 1.807) is 0 Å². The quantitative estimate of drug-likeness (QED) is 0.636. The minimum Gasteiger partial charge on any atom is -0.483 e. The fraction of sp³-hybridized carbons (Fsp3) is 0.724. The summed E-state index contributed by atoms with van der Waals surface area (Å²) < 4.78 is 19.9. The zero-order chi connectivity index (χ0) is 23.8. The second-order valence-electron chi connectivity index (χ2n) is 12.7. The molecule has 5 heteroatoms. The summed E-state index contributed by atoms with van der Waals surface area (Å²) in [6.07, 6.45) is 8.98. The molecule has 6 rings (SSSR count). The third kappa shape index (κ3) is 3.43. The number of ketones is 1. The number of benzene rings is 1. The van der Waals surface area contributed by atoms with Crippen molar-refractivity contribution in [2.24, 2.45) is 52.8 Å². The fourth-order valence-corrected chi connectivity index (χ4v) is 9.58. The van der Waals surface area contributed by atoms with E-state index in [9.17, 15) is 14.3 Å². The standard InChI is InChI=1S/C29H36FNO3/c1-28(33)9-7-18-17(13-28)4-5-20-19(18)8-10-29(2)26(20)21-12-22(21)27(29)24(32)15-34-25-6-3-16(14-31)11-23(25)30/h3,6,11,17-22,26-27,33H,4-5,7-10,12-13,15H2,1-2H3/t17-,18+,19-,20-,21-,22+,26-,27-,28-,29+/m1/s1. The Morgan fingerprint density at radius 1 is 1.12 bits per heavy atom. The van der Waals surface area contributed by atoms with Crippen molar-refractivity contribution in [3.05, 3.63) is 29.6 Å². The van der Waals surface area contributed by atoms with Gasteiger partial charge in [0.25, 0.3) is 0 Å². The number of carbonyl (C=O) groups is 1. The van der Waals surface area contributed by atoms with Gasteiger partial charge in [0.15, 0.2) is 17.3 Å². The van der Waals surface area contributed by atoms with Crippen LogP contribution in [0.3, 0.4) is 0 Å². The molecule has 0 spiro atoms. The van der Waals surface area contributed by atoms with Gasteiger partial charge in [-0.3, -0.25) is 4.79 Å². The van der Waals surface area contributed by atoms with Crippen LogP contribution < -0.4 is 4.74 Å². The Morgan fingerprint density at radius 3 is 2.68 bits per heavy atom. The van der Waals surface area contributed by atoms with E-state index in [1.165, 1.54) is 31.4 Å². The SMILES string of the molecule is C[C@@]1(O)CC[C@H]2[C@H](CC[C@@H]3[C@@H]2CC[C@@]2(C)[C@H]3[C@@H]3C[C@@H]3[C@@H]2C(=O)COc2ccc(C#N)cc2F)C1. The smallest absolute Gasteiger partial charge is 0.174 e. The lowest BCUT2D eigenvalue weighted by Crippen LogP contribution is -2.52. The van der Waals surface area contributed by atoms with Gasteiger partial charge in [-0.2, -0.15) is 5.26 Å². The maximum Gasteiger partial charge on any atom is 0.174 e. The third-order valence-electron chi connectivity index (χ3n) is 10.8. The number of halogens is 1. The summed E-state index contributed by atoms with van der Waals surface area (Å²) in [5.41, 5.74) is -0.208. The maximum atomic E-state index is 14.3. The summed E-state index contributed by atoms with van der Waals surface area (Å²) >= 11 is 0. The summed E-state index contributed by atoms with van der Waals surface area (Å²) in [6, 6.07) is 6.05. The molecule has 0 aliphatic heterocycles. The number of hydrogen-bond donors (Lipinski definition) is 1. The van der Waals surface area contributed by atoms with Crippen LogP contribution in [0.2, 0.25) is 0 Å². The molecule has 0 saturated heterocycles. The Bertz CT molecular complexity index is 1050. The van der Waals surface area contributed by atoms with E-state index in [1.807, 2.05) is 13.0 Å². The van der Waals surface area contributed by atoms with Crippen LogP contribution in [-0.2, 0) is 4.79 Å². The van der Waals surface area contributed by atoms with Crippen molar-refractivity contribution in [3.8, 4) is 11.8 Å². The Hall–Kier alpha value is -1.93. The molecular formula is C29H36FNO3. The highest BCUT2D eigenvalue weighted by Gasteiger charge is 2.70. The van der Waals surface area contributed by atoms with Gasteiger partial charge in [0.2, 0.25) is 0 Å². The number of carbonyl (C=O) groups excluding carboxylic acids is 1. The summed E-state index contributed by atoms with van der Waals surface area (Å²) in [7, 11) is 0. The number of hydrogen-bond acceptors (Lipinski definition) is 4. The number of nitriles is 1. The normalized spacial score (nSPS) is 46.3. The van der Waals surface area contributed by atoms with Crippen LogP contribution in [0.15, 0.2) is 18.2 Å². The number of Topliss-reactive ketones (excluding diaryl/α,β-unsaturated/α-hetero) is 1. The number of fused-ring (bicyclic) bond motifs is 7. The largest absolute Gasteiger partial charge is 0.483 e. The molecule has 1 aromatic rings. The molecule has 182 valence electrons. The average Bonchev–Trinajstić information content (AvgIpc) is 3.50. The summed E-state index contributed by atoms with van der Waals surface area (Å²) in [6.45, 7) is 4.29. The summed E-state index contributed by atoms with van der Waals surface area (Å²) in [5, 5.41) is 19.6. The van der Waals surface area contributed by atoms with Crippen molar-refractivity contribution in [2.75, 3.05) is 6.61 Å².